The van der Waals surface area contributed by atoms with E-state index in [1.165, 1.54) is 0 Å². The van der Waals surface area contributed by atoms with Crippen LogP contribution in [0.15, 0.2) is 108 Å². The van der Waals surface area contributed by atoms with Crippen LogP contribution in [0.2, 0.25) is 0 Å². The molecule has 0 aliphatic rings. The van der Waals surface area contributed by atoms with E-state index < -0.39 is 17.6 Å². The molecular formula is C40H55N7O4. The molecule has 0 fully saturated rings. The van der Waals surface area contributed by atoms with E-state index in [2.05, 4.69) is 65.8 Å². The first kappa shape index (κ1) is 40.3. The molecule has 0 spiro atoms. The zero-order valence-electron chi connectivity index (χ0n) is 30.7. The zero-order chi connectivity index (χ0) is 37.2. The molecule has 0 aliphatic carbocycles. The zero-order valence-corrected chi connectivity index (χ0v) is 30.7. The van der Waals surface area contributed by atoms with Crippen molar-refractivity contribution in [2.24, 2.45) is 16.5 Å². The largest absolute Gasteiger partial charge is 0.414 e. The number of guanidine groups is 1. The Morgan fingerprint density at radius 2 is 1.43 bits per heavy atom. The van der Waals surface area contributed by atoms with Gasteiger partial charge in [-0.3, -0.25) is 14.6 Å². The highest BCUT2D eigenvalue weighted by Crippen LogP contribution is 2.44. The van der Waals surface area contributed by atoms with E-state index in [9.17, 15) is 14.4 Å². The molecule has 0 saturated carbocycles. The van der Waals surface area contributed by atoms with Crippen molar-refractivity contribution >= 4 is 23.9 Å². The first-order valence-electron chi connectivity index (χ1n) is 17.6. The van der Waals surface area contributed by atoms with Gasteiger partial charge >= 0.3 is 6.09 Å². The van der Waals surface area contributed by atoms with Gasteiger partial charge in [-0.15, -0.1) is 0 Å². The minimum absolute atomic E-state index is 0.0225. The van der Waals surface area contributed by atoms with Crippen molar-refractivity contribution in [1.29, 1.82) is 0 Å². The van der Waals surface area contributed by atoms with Gasteiger partial charge in [0, 0.05) is 38.3 Å². The maximum absolute atomic E-state index is 13.6. The van der Waals surface area contributed by atoms with Crippen LogP contribution < -0.4 is 22.1 Å². The van der Waals surface area contributed by atoms with Crippen molar-refractivity contribution in [3.8, 4) is 0 Å². The van der Waals surface area contributed by atoms with E-state index in [1.807, 2.05) is 55.5 Å². The number of amides is 3. The van der Waals surface area contributed by atoms with Crippen LogP contribution in [0.5, 0.6) is 0 Å². The van der Waals surface area contributed by atoms with Crippen LogP contribution in [-0.2, 0) is 14.9 Å². The fourth-order valence-corrected chi connectivity index (χ4v) is 5.93. The average molecular weight is 698 g/mol. The third-order valence-corrected chi connectivity index (χ3v) is 9.03. The molecule has 3 amide bonds. The standard InChI is InChI=1S/C40H55N7O4/c1-6-35(40(29-30(2)46(3)4,32-21-12-8-13-22-32)33-23-14-9-15-24-33)51-39(50)47(5)28-17-16-26-43-37(49)34(25-18-27-44-38(41)42)45-36(48)31-19-10-7-11-20-31/h6-15,19-24,30,34H,16-18,25-29H2,1-5H3,(H,43,49)(H,45,48)(H4,41,42,44)/b35-6-/t30-,34+/m1/s1. The molecule has 0 heterocycles. The van der Waals surface area contributed by atoms with Gasteiger partial charge in [0.1, 0.15) is 11.8 Å². The Bertz CT molecular complexity index is 1540. The summed E-state index contributed by atoms with van der Waals surface area (Å²) in [7, 11) is 5.83. The summed E-state index contributed by atoms with van der Waals surface area (Å²) < 4.78 is 6.27. The van der Waals surface area contributed by atoms with Crippen LogP contribution in [0.3, 0.4) is 0 Å². The average Bonchev–Trinajstić information content (AvgIpc) is 3.14. The number of hydrogen-bond acceptors (Lipinski definition) is 6. The van der Waals surface area contributed by atoms with Crippen molar-refractivity contribution in [1.82, 2.24) is 20.4 Å². The molecule has 0 saturated heterocycles. The van der Waals surface area contributed by atoms with E-state index in [4.69, 9.17) is 16.2 Å². The summed E-state index contributed by atoms with van der Waals surface area (Å²) in [5.74, 6) is -0.0792. The lowest BCUT2D eigenvalue weighted by Crippen LogP contribution is -2.47. The third-order valence-electron chi connectivity index (χ3n) is 9.03. The highest BCUT2D eigenvalue weighted by molar-refractivity contribution is 5.97. The number of nitrogens with zero attached hydrogens (tertiary/aromatic N) is 3. The quantitative estimate of drug-likeness (QED) is 0.0593. The number of unbranched alkanes of at least 4 members (excludes halogenated alkanes) is 1. The van der Waals surface area contributed by atoms with E-state index in [0.717, 1.165) is 11.1 Å². The lowest BCUT2D eigenvalue weighted by atomic mass is 9.68. The van der Waals surface area contributed by atoms with Gasteiger partial charge < -0.3 is 36.6 Å². The van der Waals surface area contributed by atoms with Crippen molar-refractivity contribution < 1.29 is 19.1 Å². The van der Waals surface area contributed by atoms with Crippen LogP contribution in [0.4, 0.5) is 4.79 Å². The number of rotatable bonds is 19. The Hall–Kier alpha value is -5.16. The van der Waals surface area contributed by atoms with Gasteiger partial charge in [0.05, 0.1) is 5.41 Å². The predicted octanol–water partition coefficient (Wildman–Crippen LogP) is 5.03. The maximum atomic E-state index is 13.6. The first-order valence-corrected chi connectivity index (χ1v) is 17.6. The summed E-state index contributed by atoms with van der Waals surface area (Å²) in [6, 6.07) is 28.5. The van der Waals surface area contributed by atoms with Crippen molar-refractivity contribution in [3.63, 3.8) is 0 Å². The molecule has 11 heteroatoms. The van der Waals surface area contributed by atoms with Crippen molar-refractivity contribution in [3.05, 3.63) is 120 Å². The normalized spacial score (nSPS) is 12.8. The number of carbonyl (C=O) groups is 3. The molecule has 0 aliphatic heterocycles. The Labute approximate surface area is 303 Å². The fourth-order valence-electron chi connectivity index (χ4n) is 5.93. The third kappa shape index (κ3) is 12.0. The summed E-state index contributed by atoms with van der Waals surface area (Å²) in [5, 5.41) is 5.76. The SMILES string of the molecule is C/C=C(\OC(=O)N(C)CCCCNC(=O)[C@H](CCCN=C(N)N)NC(=O)c1ccccc1)C(C[C@@H](C)N(C)C)(c1ccccc1)c1ccccc1. The lowest BCUT2D eigenvalue weighted by Gasteiger charge is -2.40. The summed E-state index contributed by atoms with van der Waals surface area (Å²) in [5.41, 5.74) is 12.7. The number of ether oxygens (including phenoxy) is 1. The molecule has 0 radical (unpaired) electrons. The summed E-state index contributed by atoms with van der Waals surface area (Å²) >= 11 is 0. The van der Waals surface area contributed by atoms with Crippen molar-refractivity contribution in [2.45, 2.75) is 63.5 Å². The van der Waals surface area contributed by atoms with E-state index in [1.54, 1.807) is 36.2 Å². The molecule has 0 bridgehead atoms. The Kier molecular flexibility index (Phi) is 16.2. The molecule has 51 heavy (non-hydrogen) atoms. The van der Waals surface area contributed by atoms with Crippen LogP contribution in [0.1, 0.15) is 67.4 Å². The molecule has 274 valence electrons. The Balaban J connectivity index is 1.64. The fraction of sp³-hybridized carbons (Fsp3) is 0.400. The number of nitrogens with two attached hydrogens (primary N) is 2. The highest BCUT2D eigenvalue weighted by atomic mass is 16.6. The van der Waals surface area contributed by atoms with Gasteiger partial charge in [0.15, 0.2) is 5.96 Å². The summed E-state index contributed by atoms with van der Waals surface area (Å²) in [4.78, 5) is 47.3. The second-order valence-corrected chi connectivity index (χ2v) is 12.9. The number of allylic oxidation sites excluding steroid dienone is 2. The van der Waals surface area contributed by atoms with Crippen LogP contribution in [0, 0.1) is 0 Å². The van der Waals surface area contributed by atoms with E-state index in [-0.39, 0.29) is 23.8 Å². The number of benzene rings is 3. The molecule has 2 atom stereocenters. The monoisotopic (exact) mass is 697 g/mol. The van der Waals surface area contributed by atoms with Gasteiger partial charge in [-0.1, -0.05) is 78.9 Å². The summed E-state index contributed by atoms with van der Waals surface area (Å²) in [6.07, 6.45) is 4.25. The second kappa shape index (κ2) is 20.5. The maximum Gasteiger partial charge on any atom is 0.414 e. The van der Waals surface area contributed by atoms with E-state index in [0.29, 0.717) is 63.1 Å². The molecule has 0 unspecified atom stereocenters. The molecule has 11 nitrogen and oxygen atoms in total. The van der Waals surface area contributed by atoms with Gasteiger partial charge in [-0.25, -0.2) is 4.79 Å². The minimum atomic E-state index is -0.756. The van der Waals surface area contributed by atoms with Gasteiger partial charge in [0.2, 0.25) is 5.91 Å². The number of hydrogen-bond donors (Lipinski definition) is 4. The van der Waals surface area contributed by atoms with Crippen LogP contribution in [0.25, 0.3) is 0 Å². The van der Waals surface area contributed by atoms with Gasteiger partial charge in [-0.2, -0.15) is 0 Å². The number of aliphatic imine (C=N–C) groups is 1. The summed E-state index contributed by atoms with van der Waals surface area (Å²) in [6.45, 7) is 5.23. The lowest BCUT2D eigenvalue weighted by molar-refractivity contribution is -0.123. The number of nitrogens with one attached hydrogen (secondary N) is 2. The molecule has 0 aromatic heterocycles. The Morgan fingerprint density at radius 1 is 0.863 bits per heavy atom. The highest BCUT2D eigenvalue weighted by Gasteiger charge is 2.42. The smallest absolute Gasteiger partial charge is 0.414 e. The van der Waals surface area contributed by atoms with Crippen LogP contribution >= 0.6 is 0 Å². The topological polar surface area (TPSA) is 155 Å². The minimum Gasteiger partial charge on any atom is -0.414 e. The van der Waals surface area contributed by atoms with Gasteiger partial charge in [0.25, 0.3) is 5.91 Å². The first-order chi connectivity index (χ1) is 24.5. The predicted molar refractivity (Wildman–Crippen MR) is 204 cm³/mol. The van der Waals surface area contributed by atoms with E-state index >= 15 is 0 Å². The second-order valence-electron chi connectivity index (χ2n) is 12.9. The Morgan fingerprint density at radius 3 is 1.96 bits per heavy atom. The molecule has 3 aromatic rings. The molecular weight excluding hydrogens is 642 g/mol. The molecule has 3 rings (SSSR count). The van der Waals surface area contributed by atoms with Crippen molar-refractivity contribution in [2.75, 3.05) is 40.8 Å². The molecule has 3 aromatic carbocycles. The molecule has 6 N–H and O–H groups in total. The van der Waals surface area contributed by atoms with Crippen LogP contribution in [-0.4, -0.2) is 86.5 Å². The van der Waals surface area contributed by atoms with Gasteiger partial charge in [-0.05, 0) is 89.4 Å². The number of carbonyl (C=O) groups excluding carboxylic acids is 3.